The monoisotopic (exact) mass is 396 g/mol. The van der Waals surface area contributed by atoms with Gasteiger partial charge in [-0.15, -0.1) is 0 Å². The zero-order valence-corrected chi connectivity index (χ0v) is 15.3. The summed E-state index contributed by atoms with van der Waals surface area (Å²) in [5.74, 6) is -0.359. The average molecular weight is 396 g/mol. The second kappa shape index (κ2) is 8.77. The highest BCUT2D eigenvalue weighted by Crippen LogP contribution is 2.36. The predicted octanol–water partition coefficient (Wildman–Crippen LogP) is 4.38. The highest BCUT2D eigenvalue weighted by Gasteiger charge is 2.29. The van der Waals surface area contributed by atoms with Gasteiger partial charge < -0.3 is 10.1 Å². The summed E-state index contributed by atoms with van der Waals surface area (Å²) >= 11 is -0.202. The van der Waals surface area contributed by atoms with Crippen molar-refractivity contribution in [1.29, 1.82) is 0 Å². The summed E-state index contributed by atoms with van der Waals surface area (Å²) < 4.78 is 42.4. The topological polar surface area (TPSA) is 41.6 Å². The van der Waals surface area contributed by atoms with Gasteiger partial charge in [0, 0.05) is 35.8 Å². The molecule has 8 heteroatoms. The molecule has 1 N–H and O–H groups in total. The lowest BCUT2D eigenvalue weighted by Gasteiger charge is -2.26. The Hall–Kier alpha value is -2.03. The molecule has 2 aromatic carbocycles. The van der Waals surface area contributed by atoms with Gasteiger partial charge in [-0.3, -0.25) is 9.69 Å². The molecule has 0 spiro atoms. The molecule has 144 valence electrons. The molecule has 0 aromatic heterocycles. The molecule has 3 rings (SSSR count). The molecule has 0 aliphatic carbocycles. The van der Waals surface area contributed by atoms with Gasteiger partial charge in [-0.2, -0.15) is 13.2 Å². The molecule has 1 heterocycles. The van der Waals surface area contributed by atoms with E-state index in [1.807, 2.05) is 18.2 Å². The molecule has 1 saturated heterocycles. The van der Waals surface area contributed by atoms with E-state index in [0.29, 0.717) is 11.3 Å². The van der Waals surface area contributed by atoms with Crippen molar-refractivity contribution in [3.05, 3.63) is 59.7 Å². The molecule has 2 aromatic rings. The number of carbonyl (C=O) groups excluding carboxylic acids is 1. The van der Waals surface area contributed by atoms with Crippen molar-refractivity contribution in [1.82, 2.24) is 4.90 Å². The zero-order chi connectivity index (χ0) is 19.3. The number of thioether (sulfide) groups is 1. The molecule has 0 bridgehead atoms. The standard InChI is InChI=1S/C19H19F3N2O2S/c20-19(21,22)27-17-6-4-15(5-7-17)18(25)23-16-3-1-2-14(12-16)13-24-8-10-26-11-9-24/h1-7,12H,8-11,13H2,(H,23,25). The Balaban J connectivity index is 1.61. The molecular formula is C19H19F3N2O2S. The predicted molar refractivity (Wildman–Crippen MR) is 98.8 cm³/mol. The van der Waals surface area contributed by atoms with Crippen molar-refractivity contribution in [3.63, 3.8) is 0 Å². The number of alkyl halides is 3. The number of ether oxygens (including phenoxy) is 1. The van der Waals surface area contributed by atoms with Gasteiger partial charge in [-0.25, -0.2) is 0 Å². The van der Waals surface area contributed by atoms with Crippen LogP contribution in [0.3, 0.4) is 0 Å². The summed E-state index contributed by atoms with van der Waals surface area (Å²) in [6, 6.07) is 12.9. The first-order chi connectivity index (χ1) is 12.9. The highest BCUT2D eigenvalue weighted by atomic mass is 32.2. The van der Waals surface area contributed by atoms with E-state index in [-0.39, 0.29) is 22.6 Å². The van der Waals surface area contributed by atoms with E-state index < -0.39 is 5.51 Å². The number of morpholine rings is 1. The summed E-state index contributed by atoms with van der Waals surface area (Å²) in [7, 11) is 0. The van der Waals surface area contributed by atoms with Crippen molar-refractivity contribution in [2.45, 2.75) is 16.9 Å². The molecule has 0 atom stereocenters. The maximum absolute atomic E-state index is 12.4. The number of halogens is 3. The summed E-state index contributed by atoms with van der Waals surface area (Å²) in [6.45, 7) is 3.96. The van der Waals surface area contributed by atoms with Crippen LogP contribution >= 0.6 is 11.8 Å². The lowest BCUT2D eigenvalue weighted by Crippen LogP contribution is -2.35. The number of hydrogen-bond donors (Lipinski definition) is 1. The molecule has 1 amide bonds. The van der Waals surface area contributed by atoms with Gasteiger partial charge in [0.05, 0.1) is 13.2 Å². The van der Waals surface area contributed by atoms with E-state index in [0.717, 1.165) is 38.4 Å². The Morgan fingerprint density at radius 1 is 1.11 bits per heavy atom. The van der Waals surface area contributed by atoms with E-state index in [1.165, 1.54) is 24.3 Å². The fourth-order valence-electron chi connectivity index (χ4n) is 2.78. The minimum Gasteiger partial charge on any atom is -0.379 e. The number of carbonyl (C=O) groups is 1. The number of anilines is 1. The van der Waals surface area contributed by atoms with Crippen LogP contribution in [0, 0.1) is 0 Å². The second-order valence-corrected chi connectivity index (χ2v) is 7.25. The van der Waals surface area contributed by atoms with E-state index >= 15 is 0 Å². The molecule has 4 nitrogen and oxygen atoms in total. The summed E-state index contributed by atoms with van der Waals surface area (Å²) in [6.07, 6.45) is 0. The smallest absolute Gasteiger partial charge is 0.379 e. The van der Waals surface area contributed by atoms with Gasteiger partial charge in [0.15, 0.2) is 0 Å². The Kier molecular flexibility index (Phi) is 6.41. The molecule has 1 aliphatic heterocycles. The highest BCUT2D eigenvalue weighted by molar-refractivity contribution is 8.00. The zero-order valence-electron chi connectivity index (χ0n) is 14.5. The van der Waals surface area contributed by atoms with E-state index in [1.54, 1.807) is 6.07 Å². The first kappa shape index (κ1) is 19.7. The minimum atomic E-state index is -4.34. The molecular weight excluding hydrogens is 377 g/mol. The van der Waals surface area contributed by atoms with Gasteiger partial charge in [0.2, 0.25) is 0 Å². The normalized spacial score (nSPS) is 15.5. The molecule has 27 heavy (non-hydrogen) atoms. The lowest BCUT2D eigenvalue weighted by molar-refractivity contribution is -0.0328. The van der Waals surface area contributed by atoms with Gasteiger partial charge >= 0.3 is 5.51 Å². The van der Waals surface area contributed by atoms with Crippen molar-refractivity contribution >= 4 is 23.4 Å². The van der Waals surface area contributed by atoms with Crippen molar-refractivity contribution in [3.8, 4) is 0 Å². The maximum atomic E-state index is 12.4. The minimum absolute atomic E-state index is 0.0477. The first-order valence-corrected chi connectivity index (χ1v) is 9.27. The number of rotatable bonds is 5. The van der Waals surface area contributed by atoms with Crippen LogP contribution in [-0.2, 0) is 11.3 Å². The Morgan fingerprint density at radius 3 is 2.48 bits per heavy atom. The number of hydrogen-bond acceptors (Lipinski definition) is 4. The third kappa shape index (κ3) is 6.27. The maximum Gasteiger partial charge on any atom is 0.446 e. The quantitative estimate of drug-likeness (QED) is 0.762. The van der Waals surface area contributed by atoms with Gasteiger partial charge in [-0.1, -0.05) is 12.1 Å². The average Bonchev–Trinajstić information content (AvgIpc) is 2.62. The van der Waals surface area contributed by atoms with Crippen LogP contribution in [0.1, 0.15) is 15.9 Å². The fraction of sp³-hybridized carbons (Fsp3) is 0.316. The van der Waals surface area contributed by atoms with Crippen LogP contribution in [0.15, 0.2) is 53.4 Å². The van der Waals surface area contributed by atoms with E-state index in [9.17, 15) is 18.0 Å². The molecule has 0 saturated carbocycles. The summed E-state index contributed by atoms with van der Waals surface area (Å²) in [5, 5.41) is 2.79. The number of nitrogens with zero attached hydrogens (tertiary/aromatic N) is 1. The van der Waals surface area contributed by atoms with Crippen LogP contribution in [0.5, 0.6) is 0 Å². The van der Waals surface area contributed by atoms with Crippen LogP contribution in [0.25, 0.3) is 0 Å². The third-order valence-corrected chi connectivity index (χ3v) is 4.78. The Bertz CT molecular complexity index is 775. The fourth-order valence-corrected chi connectivity index (χ4v) is 3.32. The Labute approximate surface area is 159 Å². The number of benzene rings is 2. The second-order valence-electron chi connectivity index (χ2n) is 6.12. The van der Waals surface area contributed by atoms with Crippen LogP contribution in [0.2, 0.25) is 0 Å². The first-order valence-electron chi connectivity index (χ1n) is 8.45. The lowest BCUT2D eigenvalue weighted by atomic mass is 10.1. The molecule has 1 aliphatic rings. The number of nitrogens with one attached hydrogen (secondary N) is 1. The Morgan fingerprint density at radius 2 is 1.81 bits per heavy atom. The van der Waals surface area contributed by atoms with Crippen LogP contribution in [0.4, 0.5) is 18.9 Å². The molecule has 0 unspecified atom stereocenters. The van der Waals surface area contributed by atoms with Gasteiger partial charge in [0.25, 0.3) is 5.91 Å². The van der Waals surface area contributed by atoms with Crippen molar-refractivity contribution in [2.24, 2.45) is 0 Å². The van der Waals surface area contributed by atoms with E-state index in [2.05, 4.69) is 10.2 Å². The SMILES string of the molecule is O=C(Nc1cccc(CN2CCOCC2)c1)c1ccc(SC(F)(F)F)cc1. The molecule has 0 radical (unpaired) electrons. The van der Waals surface area contributed by atoms with Crippen molar-refractivity contribution in [2.75, 3.05) is 31.6 Å². The number of amides is 1. The summed E-state index contributed by atoms with van der Waals surface area (Å²) in [5.41, 5.74) is -2.31. The van der Waals surface area contributed by atoms with Crippen LogP contribution < -0.4 is 5.32 Å². The van der Waals surface area contributed by atoms with Crippen LogP contribution in [-0.4, -0.2) is 42.6 Å². The largest absolute Gasteiger partial charge is 0.446 e. The van der Waals surface area contributed by atoms with E-state index in [4.69, 9.17) is 4.74 Å². The third-order valence-electron chi connectivity index (χ3n) is 4.04. The summed E-state index contributed by atoms with van der Waals surface area (Å²) in [4.78, 5) is 14.7. The van der Waals surface area contributed by atoms with Gasteiger partial charge in [-0.05, 0) is 53.7 Å². The van der Waals surface area contributed by atoms with Gasteiger partial charge in [0.1, 0.15) is 0 Å². The molecule has 1 fully saturated rings. The van der Waals surface area contributed by atoms with Crippen molar-refractivity contribution < 1.29 is 22.7 Å².